The Balaban J connectivity index is 1.92. The smallest absolute Gasteiger partial charge is 0.259 e. The molecule has 1 amide bonds. The molecule has 2 heterocycles. The molecule has 0 aliphatic heterocycles. The van der Waals surface area contributed by atoms with E-state index in [2.05, 4.69) is 10.1 Å². The van der Waals surface area contributed by atoms with Gasteiger partial charge in [0.2, 0.25) is 5.43 Å². The van der Waals surface area contributed by atoms with Crippen molar-refractivity contribution in [2.24, 2.45) is 7.05 Å². The molecule has 1 aromatic carbocycles. The van der Waals surface area contributed by atoms with E-state index in [0.717, 1.165) is 11.1 Å². The van der Waals surface area contributed by atoms with E-state index in [1.807, 2.05) is 31.2 Å². The van der Waals surface area contributed by atoms with Gasteiger partial charge in [0, 0.05) is 26.8 Å². The largest absolute Gasteiger partial charge is 0.345 e. The van der Waals surface area contributed by atoms with Crippen LogP contribution in [0.4, 0.5) is 0 Å². The van der Waals surface area contributed by atoms with Crippen LogP contribution in [-0.2, 0) is 13.6 Å². The van der Waals surface area contributed by atoms with E-state index >= 15 is 0 Å². The van der Waals surface area contributed by atoms with E-state index < -0.39 is 0 Å². The molecular weight excluding hydrogens is 292 g/mol. The van der Waals surface area contributed by atoms with Crippen LogP contribution in [0.3, 0.4) is 0 Å². The number of pyridine rings is 1. The molecule has 0 saturated carbocycles. The fourth-order valence-corrected chi connectivity index (χ4v) is 2.61. The number of aromatic amines is 1. The summed E-state index contributed by atoms with van der Waals surface area (Å²) in [6.07, 6.45) is 2.94. The lowest BCUT2D eigenvalue weighted by Crippen LogP contribution is -2.31. The topological polar surface area (TPSA) is 71.0 Å². The summed E-state index contributed by atoms with van der Waals surface area (Å²) in [6, 6.07) is 7.88. The van der Waals surface area contributed by atoms with Gasteiger partial charge in [-0.05, 0) is 18.1 Å². The first-order valence-electron chi connectivity index (χ1n) is 7.32. The van der Waals surface area contributed by atoms with Crippen molar-refractivity contribution >= 4 is 16.9 Å². The molecule has 0 bridgehead atoms. The summed E-state index contributed by atoms with van der Waals surface area (Å²) in [6.45, 7) is 2.46. The van der Waals surface area contributed by atoms with E-state index in [0.29, 0.717) is 17.6 Å². The molecule has 6 nitrogen and oxygen atoms in total. The monoisotopic (exact) mass is 310 g/mol. The first kappa shape index (κ1) is 15.0. The highest BCUT2D eigenvalue weighted by Gasteiger charge is 2.18. The average molecular weight is 310 g/mol. The zero-order valence-corrected chi connectivity index (χ0v) is 13.3. The molecule has 2 aromatic heterocycles. The van der Waals surface area contributed by atoms with Crippen molar-refractivity contribution in [2.75, 3.05) is 7.05 Å². The number of carbonyl (C=O) groups is 1. The minimum atomic E-state index is -0.305. The normalized spacial score (nSPS) is 10.9. The lowest BCUT2D eigenvalue weighted by molar-refractivity contribution is 0.0783. The molecule has 0 fully saturated rings. The lowest BCUT2D eigenvalue weighted by Gasteiger charge is -2.18. The summed E-state index contributed by atoms with van der Waals surface area (Å²) in [4.78, 5) is 29.6. The van der Waals surface area contributed by atoms with Crippen molar-refractivity contribution in [3.05, 3.63) is 63.6 Å². The van der Waals surface area contributed by atoms with Crippen LogP contribution in [0.1, 0.15) is 21.5 Å². The molecule has 23 heavy (non-hydrogen) atoms. The van der Waals surface area contributed by atoms with Gasteiger partial charge in [0.25, 0.3) is 5.91 Å². The number of aromatic nitrogens is 3. The predicted molar refractivity (Wildman–Crippen MR) is 88.3 cm³/mol. The lowest BCUT2D eigenvalue weighted by atomic mass is 10.1. The van der Waals surface area contributed by atoms with Gasteiger partial charge in [0.1, 0.15) is 11.2 Å². The summed E-state index contributed by atoms with van der Waals surface area (Å²) in [5.41, 5.74) is 2.61. The van der Waals surface area contributed by atoms with Crippen LogP contribution in [-0.4, -0.2) is 32.6 Å². The number of hydrogen-bond acceptors (Lipinski definition) is 3. The molecule has 0 atom stereocenters. The SMILES string of the molecule is Cc1ccccc1CN(C)C(=O)c1c[nH]c2c(cnn2C)c1=O. The molecule has 1 N–H and O–H groups in total. The maximum atomic E-state index is 12.6. The van der Waals surface area contributed by atoms with Gasteiger partial charge in [0.15, 0.2) is 0 Å². The molecule has 0 unspecified atom stereocenters. The number of carbonyl (C=O) groups excluding carboxylic acids is 1. The first-order valence-corrected chi connectivity index (χ1v) is 7.32. The third-order valence-electron chi connectivity index (χ3n) is 4.03. The number of fused-ring (bicyclic) bond motifs is 1. The number of rotatable bonds is 3. The van der Waals surface area contributed by atoms with Crippen molar-refractivity contribution in [2.45, 2.75) is 13.5 Å². The molecule has 0 aliphatic rings. The van der Waals surface area contributed by atoms with E-state index in [-0.39, 0.29) is 16.9 Å². The quantitative estimate of drug-likeness (QED) is 0.802. The molecule has 0 spiro atoms. The van der Waals surface area contributed by atoms with Gasteiger partial charge in [-0.25, -0.2) is 0 Å². The highest BCUT2D eigenvalue weighted by molar-refractivity contribution is 5.96. The zero-order chi connectivity index (χ0) is 16.6. The second kappa shape index (κ2) is 5.72. The van der Waals surface area contributed by atoms with Crippen LogP contribution < -0.4 is 5.43 Å². The molecule has 0 radical (unpaired) electrons. The van der Waals surface area contributed by atoms with Crippen LogP contribution in [0.15, 0.2) is 41.5 Å². The number of nitrogens with one attached hydrogen (secondary N) is 1. The Labute approximate surface area is 133 Å². The minimum absolute atomic E-state index is 0.126. The second-order valence-electron chi connectivity index (χ2n) is 5.65. The van der Waals surface area contributed by atoms with Crippen LogP contribution in [0.5, 0.6) is 0 Å². The fourth-order valence-electron chi connectivity index (χ4n) is 2.61. The Morgan fingerprint density at radius 1 is 1.35 bits per heavy atom. The number of H-pyrrole nitrogens is 1. The molecule has 3 rings (SSSR count). The van der Waals surface area contributed by atoms with Gasteiger partial charge in [0.05, 0.1) is 11.6 Å². The number of hydrogen-bond donors (Lipinski definition) is 1. The first-order chi connectivity index (χ1) is 11.0. The summed E-state index contributed by atoms with van der Waals surface area (Å²) in [5.74, 6) is -0.305. The van der Waals surface area contributed by atoms with Crippen LogP contribution >= 0.6 is 0 Å². The van der Waals surface area contributed by atoms with Crippen molar-refractivity contribution in [1.82, 2.24) is 19.7 Å². The Morgan fingerprint density at radius 2 is 2.09 bits per heavy atom. The highest BCUT2D eigenvalue weighted by Crippen LogP contribution is 2.12. The Hall–Kier alpha value is -2.89. The molecule has 0 saturated heterocycles. The van der Waals surface area contributed by atoms with Crippen molar-refractivity contribution < 1.29 is 4.79 Å². The number of aryl methyl sites for hydroxylation is 2. The van der Waals surface area contributed by atoms with Crippen molar-refractivity contribution in [3.8, 4) is 0 Å². The number of amides is 1. The van der Waals surface area contributed by atoms with Crippen LogP contribution in [0, 0.1) is 6.92 Å². The average Bonchev–Trinajstić information content (AvgIpc) is 2.91. The van der Waals surface area contributed by atoms with Crippen LogP contribution in [0.25, 0.3) is 11.0 Å². The van der Waals surface area contributed by atoms with Gasteiger partial charge in [-0.3, -0.25) is 14.3 Å². The molecule has 6 heteroatoms. The van der Waals surface area contributed by atoms with E-state index in [1.165, 1.54) is 12.4 Å². The summed E-state index contributed by atoms with van der Waals surface area (Å²) in [5, 5.41) is 4.46. The summed E-state index contributed by atoms with van der Waals surface area (Å²) >= 11 is 0. The summed E-state index contributed by atoms with van der Waals surface area (Å²) < 4.78 is 1.57. The van der Waals surface area contributed by atoms with E-state index in [9.17, 15) is 9.59 Å². The van der Waals surface area contributed by atoms with E-state index in [1.54, 1.807) is 23.7 Å². The van der Waals surface area contributed by atoms with Gasteiger partial charge in [-0.15, -0.1) is 0 Å². The molecule has 118 valence electrons. The number of benzene rings is 1. The van der Waals surface area contributed by atoms with Gasteiger partial charge in [-0.1, -0.05) is 24.3 Å². The molecular formula is C17H18N4O2. The number of nitrogens with zero attached hydrogens (tertiary/aromatic N) is 3. The fraction of sp³-hybridized carbons (Fsp3) is 0.235. The summed E-state index contributed by atoms with van der Waals surface area (Å²) in [7, 11) is 3.44. The van der Waals surface area contributed by atoms with Crippen molar-refractivity contribution in [3.63, 3.8) is 0 Å². The maximum absolute atomic E-state index is 12.6. The third kappa shape index (κ3) is 2.63. The van der Waals surface area contributed by atoms with Gasteiger partial charge < -0.3 is 9.88 Å². The van der Waals surface area contributed by atoms with Gasteiger partial charge >= 0.3 is 0 Å². The Bertz CT molecular complexity index is 939. The standard InChI is InChI=1S/C17H18N4O2/c1-11-6-4-5-7-12(11)10-20(2)17(23)14-8-18-16-13(15(14)22)9-19-21(16)3/h4-9H,10H2,1-3H3,(H,18,22). The second-order valence-corrected chi connectivity index (χ2v) is 5.65. The Kier molecular flexibility index (Phi) is 3.73. The third-order valence-corrected chi connectivity index (χ3v) is 4.03. The zero-order valence-electron chi connectivity index (χ0n) is 13.3. The van der Waals surface area contributed by atoms with Crippen molar-refractivity contribution in [1.29, 1.82) is 0 Å². The maximum Gasteiger partial charge on any atom is 0.259 e. The van der Waals surface area contributed by atoms with Crippen LogP contribution in [0.2, 0.25) is 0 Å². The van der Waals surface area contributed by atoms with Gasteiger partial charge in [-0.2, -0.15) is 5.10 Å². The predicted octanol–water partition coefficient (Wildman–Crippen LogP) is 1.84. The minimum Gasteiger partial charge on any atom is -0.345 e. The van der Waals surface area contributed by atoms with E-state index in [4.69, 9.17) is 0 Å². The Morgan fingerprint density at radius 3 is 2.83 bits per heavy atom. The molecule has 0 aliphatic carbocycles. The molecule has 3 aromatic rings. The highest BCUT2D eigenvalue weighted by atomic mass is 16.2.